The molecule has 1 fully saturated rings. The van der Waals surface area contributed by atoms with E-state index in [-0.39, 0.29) is 11.8 Å². The van der Waals surface area contributed by atoms with Crippen molar-refractivity contribution < 1.29 is 23.8 Å². The number of ether oxygens (including phenoxy) is 2. The molecule has 4 nitrogen and oxygen atoms in total. The second kappa shape index (κ2) is 5.07. The highest BCUT2D eigenvalue weighted by Gasteiger charge is 2.46. The van der Waals surface area contributed by atoms with E-state index in [9.17, 15) is 9.18 Å². The Kier molecular flexibility index (Phi) is 3.64. The first-order valence-corrected chi connectivity index (χ1v) is 6.09. The van der Waals surface area contributed by atoms with Crippen molar-refractivity contribution in [2.45, 2.75) is 31.4 Å². The van der Waals surface area contributed by atoms with Gasteiger partial charge in [0.05, 0.1) is 20.6 Å². The maximum Gasteiger partial charge on any atom is 0.304 e. The third-order valence-corrected chi connectivity index (χ3v) is 3.66. The maximum absolute atomic E-state index is 13.1. The Bertz CT molecular complexity index is 469. The summed E-state index contributed by atoms with van der Waals surface area (Å²) in [6.45, 7) is -0.670. The van der Waals surface area contributed by atoms with Crippen molar-refractivity contribution >= 4 is 5.97 Å². The van der Waals surface area contributed by atoms with Crippen LogP contribution in [0.4, 0.5) is 4.39 Å². The van der Waals surface area contributed by atoms with E-state index in [2.05, 4.69) is 0 Å². The molecule has 1 aliphatic rings. The SMILES string of the molecule is COc1cc(C2(CC(=O)O)CC2)cc(CF)c1OC. The Hall–Kier alpha value is -1.78. The minimum absolute atomic E-state index is 0.0637. The lowest BCUT2D eigenvalue weighted by Crippen LogP contribution is -2.13. The first-order valence-electron chi connectivity index (χ1n) is 6.09. The first kappa shape index (κ1) is 13.6. The molecule has 104 valence electrons. The van der Waals surface area contributed by atoms with Gasteiger partial charge in [-0.1, -0.05) is 0 Å². The Morgan fingerprint density at radius 3 is 2.47 bits per heavy atom. The van der Waals surface area contributed by atoms with Crippen molar-refractivity contribution in [3.63, 3.8) is 0 Å². The molecule has 5 heteroatoms. The number of carboxylic acid groups (broad SMARTS) is 1. The van der Waals surface area contributed by atoms with Crippen LogP contribution < -0.4 is 9.47 Å². The summed E-state index contributed by atoms with van der Waals surface area (Å²) < 4.78 is 23.4. The number of hydrogen-bond acceptors (Lipinski definition) is 3. The molecule has 1 N–H and O–H groups in total. The predicted molar refractivity (Wildman–Crippen MR) is 67.5 cm³/mol. The van der Waals surface area contributed by atoms with Crippen LogP contribution in [0.5, 0.6) is 11.5 Å². The van der Waals surface area contributed by atoms with Crippen molar-refractivity contribution in [1.29, 1.82) is 0 Å². The van der Waals surface area contributed by atoms with Crippen LogP contribution in [0.25, 0.3) is 0 Å². The zero-order valence-electron chi connectivity index (χ0n) is 11.0. The van der Waals surface area contributed by atoms with Gasteiger partial charge in [0.1, 0.15) is 6.67 Å². The molecular formula is C14H17FO4. The monoisotopic (exact) mass is 268 g/mol. The van der Waals surface area contributed by atoms with Crippen LogP contribution in [-0.4, -0.2) is 25.3 Å². The number of alkyl halides is 1. The molecule has 0 bridgehead atoms. The van der Waals surface area contributed by atoms with Gasteiger partial charge in [0.2, 0.25) is 0 Å². The molecule has 1 saturated carbocycles. The van der Waals surface area contributed by atoms with Crippen LogP contribution in [-0.2, 0) is 16.9 Å². The van der Waals surface area contributed by atoms with E-state index in [1.54, 1.807) is 12.1 Å². The van der Waals surface area contributed by atoms with E-state index in [4.69, 9.17) is 14.6 Å². The van der Waals surface area contributed by atoms with Gasteiger partial charge < -0.3 is 14.6 Å². The Labute approximate surface area is 111 Å². The highest BCUT2D eigenvalue weighted by Crippen LogP contribution is 2.53. The summed E-state index contributed by atoms with van der Waals surface area (Å²) in [6, 6.07) is 3.45. The Balaban J connectivity index is 2.45. The lowest BCUT2D eigenvalue weighted by molar-refractivity contribution is -0.137. The van der Waals surface area contributed by atoms with Crippen LogP contribution in [0.1, 0.15) is 30.4 Å². The molecular weight excluding hydrogens is 251 g/mol. The molecule has 0 radical (unpaired) electrons. The van der Waals surface area contributed by atoms with Crippen molar-refractivity contribution in [2.24, 2.45) is 0 Å². The third kappa shape index (κ3) is 2.50. The summed E-state index contributed by atoms with van der Waals surface area (Å²) in [6.07, 6.45) is 1.68. The number of carbonyl (C=O) groups is 1. The third-order valence-electron chi connectivity index (χ3n) is 3.66. The van der Waals surface area contributed by atoms with Crippen LogP contribution >= 0.6 is 0 Å². The van der Waals surface area contributed by atoms with Gasteiger partial charge in [-0.15, -0.1) is 0 Å². The van der Waals surface area contributed by atoms with Gasteiger partial charge in [-0.3, -0.25) is 4.79 Å². The van der Waals surface area contributed by atoms with Gasteiger partial charge in [-0.05, 0) is 30.5 Å². The number of carboxylic acids is 1. The van der Waals surface area contributed by atoms with E-state index < -0.39 is 12.6 Å². The average Bonchev–Trinajstić information content (AvgIpc) is 3.16. The second-order valence-electron chi connectivity index (χ2n) is 4.86. The zero-order chi connectivity index (χ0) is 14.0. The normalized spacial score (nSPS) is 15.9. The standard InChI is InChI=1S/C14H17FO4/c1-18-11-6-10(5-9(8-15)13(11)19-2)14(3-4-14)7-12(16)17/h5-6H,3-4,7-8H2,1-2H3,(H,16,17). The minimum Gasteiger partial charge on any atom is -0.493 e. The van der Waals surface area contributed by atoms with Crippen LogP contribution in [0.3, 0.4) is 0 Å². The molecule has 1 aromatic carbocycles. The number of aliphatic carboxylic acids is 1. The van der Waals surface area contributed by atoms with Gasteiger partial charge >= 0.3 is 5.97 Å². The highest BCUT2D eigenvalue weighted by atomic mass is 19.1. The summed E-state index contributed by atoms with van der Waals surface area (Å²) >= 11 is 0. The lowest BCUT2D eigenvalue weighted by atomic mass is 9.90. The van der Waals surface area contributed by atoms with E-state index >= 15 is 0 Å². The quantitative estimate of drug-likeness (QED) is 0.861. The number of hydrogen-bond donors (Lipinski definition) is 1. The molecule has 1 aromatic rings. The fourth-order valence-electron chi connectivity index (χ4n) is 2.46. The van der Waals surface area contributed by atoms with Crippen molar-refractivity contribution in [3.8, 4) is 11.5 Å². The largest absolute Gasteiger partial charge is 0.493 e. The Morgan fingerprint density at radius 2 is 2.05 bits per heavy atom. The smallest absolute Gasteiger partial charge is 0.304 e. The summed E-state index contributed by atoms with van der Waals surface area (Å²) in [5.41, 5.74) is 0.851. The van der Waals surface area contributed by atoms with E-state index in [0.29, 0.717) is 17.1 Å². The second-order valence-corrected chi connectivity index (χ2v) is 4.86. The lowest BCUT2D eigenvalue weighted by Gasteiger charge is -2.18. The number of benzene rings is 1. The molecule has 0 heterocycles. The van der Waals surface area contributed by atoms with Crippen LogP contribution in [0.2, 0.25) is 0 Å². The van der Waals surface area contributed by atoms with Gasteiger partial charge in [-0.2, -0.15) is 0 Å². The minimum atomic E-state index is -0.839. The summed E-state index contributed by atoms with van der Waals surface area (Å²) in [5.74, 6) is -0.0155. The molecule has 0 spiro atoms. The highest BCUT2D eigenvalue weighted by molar-refractivity contribution is 5.70. The number of rotatable bonds is 6. The molecule has 0 unspecified atom stereocenters. The maximum atomic E-state index is 13.1. The molecule has 2 rings (SSSR count). The van der Waals surface area contributed by atoms with E-state index in [1.807, 2.05) is 0 Å². The van der Waals surface area contributed by atoms with Crippen LogP contribution in [0.15, 0.2) is 12.1 Å². The molecule has 0 atom stereocenters. The van der Waals surface area contributed by atoms with Crippen LogP contribution in [0, 0.1) is 0 Å². The van der Waals surface area contributed by atoms with Gasteiger partial charge in [0.25, 0.3) is 0 Å². The topological polar surface area (TPSA) is 55.8 Å². The number of halogens is 1. The molecule has 0 amide bonds. The van der Waals surface area contributed by atoms with Gasteiger partial charge in [0, 0.05) is 11.0 Å². The summed E-state index contributed by atoms with van der Waals surface area (Å²) in [7, 11) is 2.95. The molecule has 0 saturated heterocycles. The van der Waals surface area contributed by atoms with Gasteiger partial charge in [-0.25, -0.2) is 4.39 Å². The average molecular weight is 268 g/mol. The van der Waals surface area contributed by atoms with Gasteiger partial charge in [0.15, 0.2) is 11.5 Å². The van der Waals surface area contributed by atoms with Crippen molar-refractivity contribution in [2.75, 3.05) is 14.2 Å². The molecule has 0 aromatic heterocycles. The molecule has 1 aliphatic carbocycles. The zero-order valence-corrected chi connectivity index (χ0v) is 11.0. The predicted octanol–water partition coefficient (Wildman–Crippen LogP) is 2.68. The van der Waals surface area contributed by atoms with E-state index in [1.165, 1.54) is 14.2 Å². The molecule has 19 heavy (non-hydrogen) atoms. The Morgan fingerprint density at radius 1 is 1.37 bits per heavy atom. The van der Waals surface area contributed by atoms with Crippen molar-refractivity contribution in [1.82, 2.24) is 0 Å². The summed E-state index contributed by atoms with van der Waals surface area (Å²) in [5, 5.41) is 8.97. The summed E-state index contributed by atoms with van der Waals surface area (Å²) in [4.78, 5) is 10.9. The van der Waals surface area contributed by atoms with E-state index in [0.717, 1.165) is 18.4 Å². The fourth-order valence-corrected chi connectivity index (χ4v) is 2.46. The number of methoxy groups -OCH3 is 2. The van der Waals surface area contributed by atoms with Crippen molar-refractivity contribution in [3.05, 3.63) is 23.3 Å². The first-order chi connectivity index (χ1) is 9.06. The molecule has 0 aliphatic heterocycles. The fraction of sp³-hybridized carbons (Fsp3) is 0.500.